The minimum Gasteiger partial charge on any atom is -0.323 e. The summed E-state index contributed by atoms with van der Waals surface area (Å²) in [5, 5.41) is 35.0. The van der Waals surface area contributed by atoms with Gasteiger partial charge in [0.1, 0.15) is 17.5 Å². The Morgan fingerprint density at radius 1 is 1.29 bits per heavy atom. The summed E-state index contributed by atoms with van der Waals surface area (Å²) in [6, 6.07) is 11.6. The minimum absolute atomic E-state index is 0.00921. The highest BCUT2D eigenvalue weighted by Crippen LogP contribution is 2.23. The molecule has 2 heterocycles. The van der Waals surface area contributed by atoms with E-state index in [-0.39, 0.29) is 5.69 Å². The summed E-state index contributed by atoms with van der Waals surface area (Å²) in [4.78, 5) is 10.4. The largest absolute Gasteiger partial charge is 0.323 e. The zero-order chi connectivity index (χ0) is 17.1. The van der Waals surface area contributed by atoms with E-state index in [0.29, 0.717) is 28.5 Å². The molecule has 9 heteroatoms. The number of nitrogens with one attached hydrogen (secondary N) is 1. The fraction of sp³-hybridized carbons (Fsp3) is 0.0667. The molecule has 0 aliphatic heterocycles. The van der Waals surface area contributed by atoms with E-state index in [4.69, 9.17) is 5.26 Å². The number of nitriles is 1. The van der Waals surface area contributed by atoms with Crippen LogP contribution in [0.4, 0.5) is 17.3 Å². The topological polar surface area (TPSA) is 123 Å². The number of aromatic nitrogens is 4. The summed E-state index contributed by atoms with van der Waals surface area (Å²) < 4.78 is 1.52. The Kier molecular flexibility index (Phi) is 3.86. The Morgan fingerprint density at radius 2 is 2.12 bits per heavy atom. The van der Waals surface area contributed by atoms with Crippen LogP contribution in [0.1, 0.15) is 5.56 Å². The molecule has 1 aromatic carbocycles. The van der Waals surface area contributed by atoms with Crippen molar-refractivity contribution in [1.82, 2.24) is 20.0 Å². The lowest BCUT2D eigenvalue weighted by Crippen LogP contribution is -2.03. The van der Waals surface area contributed by atoms with E-state index in [0.717, 1.165) is 0 Å². The van der Waals surface area contributed by atoms with Crippen LogP contribution in [0.3, 0.4) is 0 Å². The van der Waals surface area contributed by atoms with Crippen molar-refractivity contribution in [3.05, 3.63) is 58.3 Å². The second-order valence-electron chi connectivity index (χ2n) is 4.88. The predicted octanol–water partition coefficient (Wildman–Crippen LogP) is 2.40. The molecule has 1 N–H and O–H groups in total. The lowest BCUT2D eigenvalue weighted by molar-refractivity contribution is -0.384. The van der Waals surface area contributed by atoms with Crippen LogP contribution in [0, 0.1) is 21.4 Å². The van der Waals surface area contributed by atoms with Crippen molar-refractivity contribution in [3.8, 4) is 17.3 Å². The molecule has 0 amide bonds. The fourth-order valence-corrected chi connectivity index (χ4v) is 2.12. The van der Waals surface area contributed by atoms with E-state index < -0.39 is 4.92 Å². The summed E-state index contributed by atoms with van der Waals surface area (Å²) in [6.07, 6.45) is 1.45. The van der Waals surface area contributed by atoms with Gasteiger partial charge in [0, 0.05) is 24.7 Å². The number of nitro groups is 1. The molecule has 2 aromatic heterocycles. The number of aryl methyl sites for hydroxylation is 1. The third-order valence-electron chi connectivity index (χ3n) is 3.32. The number of benzene rings is 1. The smallest absolute Gasteiger partial charge is 0.270 e. The molecule has 0 spiro atoms. The number of hydrogen-bond donors (Lipinski definition) is 1. The van der Waals surface area contributed by atoms with Crippen LogP contribution in [0.25, 0.3) is 11.3 Å². The monoisotopic (exact) mass is 321 g/mol. The highest BCUT2D eigenvalue weighted by Gasteiger charge is 2.11. The third-order valence-corrected chi connectivity index (χ3v) is 3.32. The fourth-order valence-electron chi connectivity index (χ4n) is 2.12. The van der Waals surface area contributed by atoms with Crippen LogP contribution in [0.2, 0.25) is 0 Å². The summed E-state index contributed by atoms with van der Waals surface area (Å²) in [5.41, 5.74) is 1.49. The van der Waals surface area contributed by atoms with Gasteiger partial charge in [0.2, 0.25) is 0 Å². The first kappa shape index (κ1) is 15.1. The zero-order valence-electron chi connectivity index (χ0n) is 12.5. The Balaban J connectivity index is 1.86. The second-order valence-corrected chi connectivity index (χ2v) is 4.88. The van der Waals surface area contributed by atoms with Gasteiger partial charge in [0.15, 0.2) is 5.82 Å². The molecule has 24 heavy (non-hydrogen) atoms. The van der Waals surface area contributed by atoms with E-state index in [1.165, 1.54) is 23.0 Å². The maximum atomic E-state index is 10.8. The third kappa shape index (κ3) is 2.89. The molecule has 0 aliphatic carbocycles. The van der Waals surface area contributed by atoms with Crippen molar-refractivity contribution >= 4 is 17.3 Å². The number of anilines is 2. The SMILES string of the molecule is Cn1ncc(C#N)c1Nc1ccc(-c2cccc([N+](=O)[O-])c2)nn1. The van der Waals surface area contributed by atoms with Gasteiger partial charge in [0.05, 0.1) is 16.8 Å². The number of nitro benzene ring substituents is 1. The molecular formula is C15H11N7O2. The quantitative estimate of drug-likeness (QED) is 0.578. The predicted molar refractivity (Wildman–Crippen MR) is 85.3 cm³/mol. The number of hydrogen-bond acceptors (Lipinski definition) is 7. The van der Waals surface area contributed by atoms with E-state index in [1.54, 1.807) is 31.3 Å². The van der Waals surface area contributed by atoms with Crippen LogP contribution in [0.15, 0.2) is 42.6 Å². The van der Waals surface area contributed by atoms with Gasteiger partial charge in [-0.2, -0.15) is 10.4 Å². The molecule has 118 valence electrons. The molecule has 3 rings (SSSR count). The standard InChI is InChI=1S/C15H11N7O2/c1-21-15(11(8-16)9-17-21)18-14-6-5-13(19-20-14)10-3-2-4-12(7-10)22(23)24/h2-7,9H,1H3,(H,18,20). The van der Waals surface area contributed by atoms with E-state index in [1.807, 2.05) is 6.07 Å². The van der Waals surface area contributed by atoms with Crippen molar-refractivity contribution in [3.63, 3.8) is 0 Å². The molecule has 3 aromatic rings. The van der Waals surface area contributed by atoms with E-state index in [9.17, 15) is 10.1 Å². The molecule has 0 fully saturated rings. The number of rotatable bonds is 4. The van der Waals surface area contributed by atoms with Crippen molar-refractivity contribution in [2.75, 3.05) is 5.32 Å². The highest BCUT2D eigenvalue weighted by molar-refractivity contribution is 5.64. The normalized spacial score (nSPS) is 10.2. The van der Waals surface area contributed by atoms with Gasteiger partial charge in [0.25, 0.3) is 5.69 Å². The molecular weight excluding hydrogens is 310 g/mol. The molecule has 0 atom stereocenters. The molecule has 0 aliphatic rings. The van der Waals surface area contributed by atoms with Crippen molar-refractivity contribution in [1.29, 1.82) is 5.26 Å². The van der Waals surface area contributed by atoms with Crippen LogP contribution in [-0.4, -0.2) is 24.9 Å². The number of non-ortho nitro benzene ring substituents is 1. The van der Waals surface area contributed by atoms with Gasteiger partial charge < -0.3 is 5.32 Å². The van der Waals surface area contributed by atoms with Crippen LogP contribution in [-0.2, 0) is 7.05 Å². The highest BCUT2D eigenvalue weighted by atomic mass is 16.6. The summed E-state index contributed by atoms with van der Waals surface area (Å²) in [5.74, 6) is 0.944. The minimum atomic E-state index is -0.460. The first-order chi connectivity index (χ1) is 11.6. The van der Waals surface area contributed by atoms with Gasteiger partial charge in [-0.25, -0.2) is 0 Å². The number of nitrogens with zero attached hydrogens (tertiary/aromatic N) is 6. The molecule has 0 unspecified atom stereocenters. The lowest BCUT2D eigenvalue weighted by Gasteiger charge is -2.06. The molecule has 9 nitrogen and oxygen atoms in total. The Bertz CT molecular complexity index is 941. The average Bonchev–Trinajstić information content (AvgIpc) is 2.95. The van der Waals surface area contributed by atoms with Crippen LogP contribution >= 0.6 is 0 Å². The van der Waals surface area contributed by atoms with Crippen LogP contribution in [0.5, 0.6) is 0 Å². The van der Waals surface area contributed by atoms with Crippen molar-refractivity contribution in [2.24, 2.45) is 7.05 Å². The van der Waals surface area contributed by atoms with Gasteiger partial charge in [-0.1, -0.05) is 12.1 Å². The van der Waals surface area contributed by atoms with Crippen LogP contribution < -0.4 is 5.32 Å². The van der Waals surface area contributed by atoms with Gasteiger partial charge in [-0.15, -0.1) is 10.2 Å². The summed E-state index contributed by atoms with van der Waals surface area (Å²) in [6.45, 7) is 0. The Morgan fingerprint density at radius 3 is 2.79 bits per heavy atom. The van der Waals surface area contributed by atoms with Gasteiger partial charge >= 0.3 is 0 Å². The molecule has 0 bridgehead atoms. The van der Waals surface area contributed by atoms with E-state index in [2.05, 4.69) is 20.6 Å². The average molecular weight is 321 g/mol. The second kappa shape index (κ2) is 6.13. The van der Waals surface area contributed by atoms with Crippen molar-refractivity contribution < 1.29 is 4.92 Å². The first-order valence-corrected chi connectivity index (χ1v) is 6.86. The van der Waals surface area contributed by atoms with Gasteiger partial charge in [-0.05, 0) is 12.1 Å². The first-order valence-electron chi connectivity index (χ1n) is 6.86. The molecule has 0 saturated carbocycles. The Labute approximate surface area is 136 Å². The Hall–Kier alpha value is -3.80. The van der Waals surface area contributed by atoms with Crippen molar-refractivity contribution in [2.45, 2.75) is 0 Å². The maximum absolute atomic E-state index is 10.8. The molecule has 0 radical (unpaired) electrons. The summed E-state index contributed by atoms with van der Waals surface area (Å²) >= 11 is 0. The van der Waals surface area contributed by atoms with Gasteiger partial charge in [-0.3, -0.25) is 14.8 Å². The molecule has 0 saturated heterocycles. The summed E-state index contributed by atoms with van der Waals surface area (Å²) in [7, 11) is 1.70. The zero-order valence-corrected chi connectivity index (χ0v) is 12.5. The maximum Gasteiger partial charge on any atom is 0.270 e. The lowest BCUT2D eigenvalue weighted by atomic mass is 10.1. The van der Waals surface area contributed by atoms with E-state index >= 15 is 0 Å².